The molecule has 0 bridgehead atoms. The molecule has 1 saturated carbocycles. The molecule has 2 unspecified atom stereocenters. The third kappa shape index (κ3) is 3.58. The molecule has 2 aromatic rings. The van der Waals surface area contributed by atoms with E-state index in [1.165, 1.54) is 24.8 Å². The van der Waals surface area contributed by atoms with E-state index in [9.17, 15) is 0 Å². The van der Waals surface area contributed by atoms with Crippen molar-refractivity contribution in [1.82, 2.24) is 14.8 Å². The van der Waals surface area contributed by atoms with E-state index in [1.807, 2.05) is 12.3 Å². The van der Waals surface area contributed by atoms with Crippen molar-refractivity contribution in [2.45, 2.75) is 32.2 Å². The van der Waals surface area contributed by atoms with Crippen LogP contribution in [-0.4, -0.2) is 21.3 Å². The average molecular weight is 370 g/mol. The summed E-state index contributed by atoms with van der Waals surface area (Å²) in [5.74, 6) is 1.49. The van der Waals surface area contributed by atoms with Crippen LogP contribution in [0, 0.1) is 12.8 Å². The second-order valence-corrected chi connectivity index (χ2v) is 6.96. The zero-order valence-corrected chi connectivity index (χ0v) is 14.2. The summed E-state index contributed by atoms with van der Waals surface area (Å²) < 4.78 is 2.94. The lowest BCUT2D eigenvalue weighted by molar-refractivity contribution is 0.446. The summed E-state index contributed by atoms with van der Waals surface area (Å²) in [7, 11) is 0. The van der Waals surface area contributed by atoms with Crippen LogP contribution in [0.4, 0.5) is 5.82 Å². The molecule has 2 aromatic heterocycles. The van der Waals surface area contributed by atoms with Crippen molar-refractivity contribution in [3.05, 3.63) is 39.7 Å². The molecule has 6 heteroatoms. The van der Waals surface area contributed by atoms with Gasteiger partial charge in [0, 0.05) is 25.0 Å². The molecule has 2 atom stereocenters. The van der Waals surface area contributed by atoms with E-state index in [4.69, 9.17) is 11.6 Å². The summed E-state index contributed by atoms with van der Waals surface area (Å²) in [6.07, 6.45) is 9.38. The van der Waals surface area contributed by atoms with Crippen molar-refractivity contribution < 1.29 is 0 Å². The molecule has 2 heterocycles. The van der Waals surface area contributed by atoms with E-state index < -0.39 is 0 Å². The minimum absolute atomic E-state index is 0.534. The van der Waals surface area contributed by atoms with E-state index in [-0.39, 0.29) is 0 Å². The van der Waals surface area contributed by atoms with Gasteiger partial charge in [0.05, 0.1) is 21.7 Å². The van der Waals surface area contributed by atoms with Crippen LogP contribution >= 0.6 is 27.5 Å². The fourth-order valence-electron chi connectivity index (χ4n) is 2.87. The normalized spacial score (nSPS) is 21.7. The van der Waals surface area contributed by atoms with Crippen LogP contribution in [0.1, 0.15) is 30.9 Å². The number of anilines is 1. The van der Waals surface area contributed by atoms with Gasteiger partial charge in [-0.3, -0.25) is 4.68 Å². The highest BCUT2D eigenvalue weighted by Crippen LogP contribution is 2.34. The van der Waals surface area contributed by atoms with Crippen LogP contribution in [0.3, 0.4) is 0 Å². The molecule has 21 heavy (non-hydrogen) atoms. The Balaban J connectivity index is 1.54. The Morgan fingerprint density at radius 1 is 1.43 bits per heavy atom. The highest BCUT2D eigenvalue weighted by molar-refractivity contribution is 9.10. The van der Waals surface area contributed by atoms with E-state index >= 15 is 0 Å². The maximum Gasteiger partial charge on any atom is 0.127 e. The summed E-state index contributed by atoms with van der Waals surface area (Å²) >= 11 is 9.43. The minimum atomic E-state index is 0.534. The SMILES string of the molecule is Cc1cnn(C2CCC(CNc3cc(Cl)c(Br)cn3)C2)c1. The second kappa shape index (κ2) is 6.36. The molecule has 0 amide bonds. The Morgan fingerprint density at radius 3 is 3.00 bits per heavy atom. The van der Waals surface area contributed by atoms with Gasteiger partial charge in [-0.05, 0) is 53.6 Å². The summed E-state index contributed by atoms with van der Waals surface area (Å²) in [6.45, 7) is 3.02. The first-order valence-electron chi connectivity index (χ1n) is 7.17. The van der Waals surface area contributed by atoms with E-state index in [0.29, 0.717) is 17.0 Å². The van der Waals surface area contributed by atoms with Crippen LogP contribution in [-0.2, 0) is 0 Å². The minimum Gasteiger partial charge on any atom is -0.370 e. The van der Waals surface area contributed by atoms with Crippen LogP contribution in [0.25, 0.3) is 0 Å². The van der Waals surface area contributed by atoms with Gasteiger partial charge >= 0.3 is 0 Å². The molecule has 1 N–H and O–H groups in total. The number of nitrogens with one attached hydrogen (secondary N) is 1. The molecule has 0 saturated heterocycles. The molecule has 0 radical (unpaired) electrons. The number of hydrogen-bond acceptors (Lipinski definition) is 3. The lowest BCUT2D eigenvalue weighted by atomic mass is 10.1. The van der Waals surface area contributed by atoms with Crippen molar-refractivity contribution in [3.63, 3.8) is 0 Å². The van der Waals surface area contributed by atoms with Crippen molar-refractivity contribution in [2.24, 2.45) is 5.92 Å². The predicted molar refractivity (Wildman–Crippen MR) is 88.8 cm³/mol. The van der Waals surface area contributed by atoms with Crippen molar-refractivity contribution in [1.29, 1.82) is 0 Å². The van der Waals surface area contributed by atoms with Crippen molar-refractivity contribution in [3.8, 4) is 0 Å². The fraction of sp³-hybridized carbons (Fsp3) is 0.467. The quantitative estimate of drug-likeness (QED) is 0.865. The van der Waals surface area contributed by atoms with Gasteiger partial charge in [-0.25, -0.2) is 4.98 Å². The summed E-state index contributed by atoms with van der Waals surface area (Å²) in [5.41, 5.74) is 1.23. The average Bonchev–Trinajstić information content (AvgIpc) is 3.09. The summed E-state index contributed by atoms with van der Waals surface area (Å²) in [5, 5.41) is 8.50. The van der Waals surface area contributed by atoms with Gasteiger partial charge in [0.2, 0.25) is 0 Å². The largest absolute Gasteiger partial charge is 0.370 e. The Hall–Kier alpha value is -1.07. The fourth-order valence-corrected chi connectivity index (χ4v) is 3.24. The van der Waals surface area contributed by atoms with E-state index in [0.717, 1.165) is 16.8 Å². The highest BCUT2D eigenvalue weighted by Gasteiger charge is 2.26. The van der Waals surface area contributed by atoms with Gasteiger partial charge in [-0.2, -0.15) is 5.10 Å². The van der Waals surface area contributed by atoms with Crippen LogP contribution in [0.5, 0.6) is 0 Å². The number of nitrogens with zero attached hydrogens (tertiary/aromatic N) is 3. The summed E-state index contributed by atoms with van der Waals surface area (Å²) in [4.78, 5) is 4.32. The highest BCUT2D eigenvalue weighted by atomic mass is 79.9. The first-order valence-corrected chi connectivity index (χ1v) is 8.34. The third-order valence-electron chi connectivity index (χ3n) is 4.00. The van der Waals surface area contributed by atoms with Crippen molar-refractivity contribution >= 4 is 33.3 Å². The van der Waals surface area contributed by atoms with Gasteiger partial charge in [-0.15, -0.1) is 0 Å². The van der Waals surface area contributed by atoms with Crippen LogP contribution in [0.2, 0.25) is 5.02 Å². The van der Waals surface area contributed by atoms with Gasteiger partial charge in [0.15, 0.2) is 0 Å². The second-order valence-electron chi connectivity index (χ2n) is 5.70. The molecule has 1 aliphatic carbocycles. The standard InChI is InChI=1S/C15H18BrClN4/c1-10-6-20-21(9-10)12-3-2-11(4-12)7-18-15-5-14(17)13(16)8-19-15/h5-6,8-9,11-12H,2-4,7H2,1H3,(H,18,19). The molecule has 4 nitrogen and oxygen atoms in total. The van der Waals surface area contributed by atoms with Crippen molar-refractivity contribution in [2.75, 3.05) is 11.9 Å². The molecule has 0 aromatic carbocycles. The molecule has 1 aliphatic rings. The maximum absolute atomic E-state index is 6.08. The molecule has 1 fully saturated rings. The van der Waals surface area contributed by atoms with Crippen LogP contribution < -0.4 is 5.32 Å². The first-order chi connectivity index (χ1) is 10.1. The Bertz CT molecular complexity index is 628. The summed E-state index contributed by atoms with van der Waals surface area (Å²) in [6, 6.07) is 2.39. The third-order valence-corrected chi connectivity index (χ3v) is 5.17. The van der Waals surface area contributed by atoms with Gasteiger partial charge in [0.1, 0.15) is 5.82 Å². The van der Waals surface area contributed by atoms with E-state index in [2.05, 4.69) is 49.1 Å². The molecular formula is C15H18BrClN4. The number of hydrogen-bond donors (Lipinski definition) is 1. The Morgan fingerprint density at radius 2 is 2.29 bits per heavy atom. The van der Waals surface area contributed by atoms with Gasteiger partial charge in [0.25, 0.3) is 0 Å². The molecular weight excluding hydrogens is 352 g/mol. The lowest BCUT2D eigenvalue weighted by Gasteiger charge is -2.13. The molecule has 0 spiro atoms. The number of halogens is 2. The maximum atomic E-state index is 6.08. The molecule has 0 aliphatic heterocycles. The van der Waals surface area contributed by atoms with Gasteiger partial charge < -0.3 is 5.32 Å². The number of pyridine rings is 1. The zero-order chi connectivity index (χ0) is 14.8. The Kier molecular flexibility index (Phi) is 4.50. The van der Waals surface area contributed by atoms with E-state index in [1.54, 1.807) is 6.20 Å². The monoisotopic (exact) mass is 368 g/mol. The zero-order valence-electron chi connectivity index (χ0n) is 11.9. The number of aryl methyl sites for hydroxylation is 1. The topological polar surface area (TPSA) is 42.7 Å². The van der Waals surface area contributed by atoms with Gasteiger partial charge in [-0.1, -0.05) is 11.6 Å². The molecule has 112 valence electrons. The number of rotatable bonds is 4. The predicted octanol–water partition coefficient (Wildman–Crippen LogP) is 4.46. The molecule has 3 rings (SSSR count). The lowest BCUT2D eigenvalue weighted by Crippen LogP contribution is -2.13. The van der Waals surface area contributed by atoms with Crippen LogP contribution in [0.15, 0.2) is 29.1 Å². The first kappa shape index (κ1) is 14.9. The Labute approximate surface area is 138 Å². The smallest absolute Gasteiger partial charge is 0.127 e. The number of aromatic nitrogens is 3.